The van der Waals surface area contributed by atoms with E-state index in [0.717, 1.165) is 25.3 Å². The van der Waals surface area contributed by atoms with Crippen LogP contribution in [0.3, 0.4) is 0 Å². The van der Waals surface area contributed by atoms with E-state index in [1.807, 2.05) is 30.3 Å². The topological polar surface area (TPSA) is 45.2 Å². The Morgan fingerprint density at radius 2 is 2.05 bits per heavy atom. The highest BCUT2D eigenvalue weighted by Crippen LogP contribution is 2.19. The summed E-state index contributed by atoms with van der Waals surface area (Å²) in [7, 11) is 0. The first kappa shape index (κ1) is 13.9. The first-order valence-electron chi connectivity index (χ1n) is 6.95. The van der Waals surface area contributed by atoms with Crippen LogP contribution in [0.1, 0.15) is 16.8 Å². The van der Waals surface area contributed by atoms with Crippen molar-refractivity contribution in [1.82, 2.24) is 10.3 Å². The number of rotatable bonds is 3. The standard InChI is InChI=1S/C16H16ClN3O/c17-14-6-2-1-5-13(14)16(21)19-12-8-10-20(11-12)15-7-3-4-9-18-15/h1-7,9,12H,8,10-11H2,(H,19,21). The maximum absolute atomic E-state index is 12.2. The molecule has 1 fully saturated rings. The molecule has 2 heterocycles. The number of hydrogen-bond acceptors (Lipinski definition) is 3. The molecule has 21 heavy (non-hydrogen) atoms. The molecule has 1 amide bonds. The highest BCUT2D eigenvalue weighted by molar-refractivity contribution is 6.33. The zero-order chi connectivity index (χ0) is 14.7. The minimum Gasteiger partial charge on any atom is -0.354 e. The molecule has 0 radical (unpaired) electrons. The van der Waals surface area contributed by atoms with Gasteiger partial charge in [0.05, 0.1) is 10.6 Å². The molecule has 3 rings (SSSR count). The number of aromatic nitrogens is 1. The van der Waals surface area contributed by atoms with Crippen molar-refractivity contribution in [2.75, 3.05) is 18.0 Å². The number of nitrogens with zero attached hydrogens (tertiary/aromatic N) is 2. The van der Waals surface area contributed by atoms with Gasteiger partial charge in [-0.05, 0) is 30.7 Å². The third-order valence-electron chi connectivity index (χ3n) is 3.62. The Labute approximate surface area is 128 Å². The van der Waals surface area contributed by atoms with Gasteiger partial charge in [0.25, 0.3) is 5.91 Å². The first-order valence-corrected chi connectivity index (χ1v) is 7.33. The van der Waals surface area contributed by atoms with Crippen LogP contribution in [0, 0.1) is 0 Å². The molecule has 2 aromatic rings. The Kier molecular flexibility index (Phi) is 4.06. The Morgan fingerprint density at radius 3 is 2.81 bits per heavy atom. The van der Waals surface area contributed by atoms with Crippen LogP contribution in [-0.4, -0.2) is 30.0 Å². The molecule has 0 spiro atoms. The van der Waals surface area contributed by atoms with Crippen LogP contribution in [0.15, 0.2) is 48.7 Å². The van der Waals surface area contributed by atoms with Crippen molar-refractivity contribution in [3.8, 4) is 0 Å². The van der Waals surface area contributed by atoms with Gasteiger partial charge in [-0.1, -0.05) is 29.8 Å². The number of carbonyl (C=O) groups is 1. The van der Waals surface area contributed by atoms with Crippen molar-refractivity contribution in [2.24, 2.45) is 0 Å². The number of carbonyl (C=O) groups excluding carboxylic acids is 1. The van der Waals surface area contributed by atoms with Crippen molar-refractivity contribution in [3.05, 3.63) is 59.2 Å². The van der Waals surface area contributed by atoms with Gasteiger partial charge in [0.15, 0.2) is 0 Å². The summed E-state index contributed by atoms with van der Waals surface area (Å²) in [5.41, 5.74) is 0.524. The number of halogens is 1. The number of pyridine rings is 1. The van der Waals surface area contributed by atoms with Crippen molar-refractivity contribution >= 4 is 23.3 Å². The summed E-state index contributed by atoms with van der Waals surface area (Å²) in [6.45, 7) is 1.66. The van der Waals surface area contributed by atoms with Crippen LogP contribution >= 0.6 is 11.6 Å². The van der Waals surface area contributed by atoms with Gasteiger partial charge in [0, 0.05) is 25.3 Å². The second-order valence-electron chi connectivity index (χ2n) is 5.07. The molecular weight excluding hydrogens is 286 g/mol. The Bertz CT molecular complexity index is 632. The predicted molar refractivity (Wildman–Crippen MR) is 83.8 cm³/mol. The molecule has 1 aliphatic heterocycles. The van der Waals surface area contributed by atoms with Crippen molar-refractivity contribution in [2.45, 2.75) is 12.5 Å². The van der Waals surface area contributed by atoms with E-state index in [2.05, 4.69) is 15.2 Å². The zero-order valence-corrected chi connectivity index (χ0v) is 12.3. The molecule has 1 aromatic heterocycles. The van der Waals surface area contributed by atoms with Crippen molar-refractivity contribution < 1.29 is 4.79 Å². The Balaban J connectivity index is 1.63. The van der Waals surface area contributed by atoms with E-state index in [0.29, 0.717) is 10.6 Å². The Hall–Kier alpha value is -2.07. The summed E-state index contributed by atoms with van der Waals surface area (Å²) < 4.78 is 0. The molecule has 0 saturated carbocycles. The van der Waals surface area contributed by atoms with Gasteiger partial charge >= 0.3 is 0 Å². The Morgan fingerprint density at radius 1 is 1.24 bits per heavy atom. The van der Waals surface area contributed by atoms with Crippen molar-refractivity contribution in [3.63, 3.8) is 0 Å². The van der Waals surface area contributed by atoms with Crippen LogP contribution in [0.25, 0.3) is 0 Å². The quantitative estimate of drug-likeness (QED) is 0.948. The van der Waals surface area contributed by atoms with E-state index in [4.69, 9.17) is 11.6 Å². The fourth-order valence-corrected chi connectivity index (χ4v) is 2.76. The summed E-state index contributed by atoms with van der Waals surface area (Å²) in [5.74, 6) is 0.834. The van der Waals surface area contributed by atoms with E-state index in [9.17, 15) is 4.79 Å². The second kappa shape index (κ2) is 6.14. The maximum atomic E-state index is 12.2. The predicted octanol–water partition coefficient (Wildman–Crippen LogP) is 2.74. The minimum atomic E-state index is -0.117. The number of nitrogens with one attached hydrogen (secondary N) is 1. The lowest BCUT2D eigenvalue weighted by atomic mass is 10.2. The summed E-state index contributed by atoms with van der Waals surface area (Å²) in [6.07, 6.45) is 2.69. The molecule has 0 bridgehead atoms. The van der Waals surface area contributed by atoms with E-state index >= 15 is 0 Å². The minimum absolute atomic E-state index is 0.117. The van der Waals surface area contributed by atoms with Crippen LogP contribution in [0.5, 0.6) is 0 Å². The molecule has 1 unspecified atom stereocenters. The summed E-state index contributed by atoms with van der Waals surface area (Å²) in [5, 5.41) is 3.52. The van der Waals surface area contributed by atoms with Gasteiger partial charge in [-0.15, -0.1) is 0 Å². The van der Waals surface area contributed by atoms with E-state index in [-0.39, 0.29) is 11.9 Å². The maximum Gasteiger partial charge on any atom is 0.253 e. The van der Waals surface area contributed by atoms with E-state index < -0.39 is 0 Å². The van der Waals surface area contributed by atoms with Gasteiger partial charge < -0.3 is 10.2 Å². The van der Waals surface area contributed by atoms with Gasteiger partial charge in [0.2, 0.25) is 0 Å². The lowest BCUT2D eigenvalue weighted by Gasteiger charge is -2.17. The van der Waals surface area contributed by atoms with Crippen LogP contribution < -0.4 is 10.2 Å². The van der Waals surface area contributed by atoms with Crippen LogP contribution in [-0.2, 0) is 0 Å². The largest absolute Gasteiger partial charge is 0.354 e. The first-order chi connectivity index (χ1) is 10.2. The molecule has 5 heteroatoms. The molecule has 1 aromatic carbocycles. The molecule has 108 valence electrons. The van der Waals surface area contributed by atoms with Crippen LogP contribution in [0.2, 0.25) is 5.02 Å². The fourth-order valence-electron chi connectivity index (χ4n) is 2.54. The van der Waals surface area contributed by atoms with Gasteiger partial charge in [-0.25, -0.2) is 4.98 Å². The molecule has 1 saturated heterocycles. The van der Waals surface area contributed by atoms with Crippen LogP contribution in [0.4, 0.5) is 5.82 Å². The fraction of sp³-hybridized carbons (Fsp3) is 0.250. The normalized spacial score (nSPS) is 17.8. The highest BCUT2D eigenvalue weighted by Gasteiger charge is 2.25. The molecule has 1 aliphatic rings. The summed E-state index contributed by atoms with van der Waals surface area (Å²) >= 11 is 6.05. The van der Waals surface area contributed by atoms with Crippen molar-refractivity contribution in [1.29, 1.82) is 0 Å². The van der Waals surface area contributed by atoms with E-state index in [1.165, 1.54) is 0 Å². The van der Waals surface area contributed by atoms with Gasteiger partial charge in [-0.2, -0.15) is 0 Å². The summed E-state index contributed by atoms with van der Waals surface area (Å²) in [4.78, 5) is 18.8. The number of amides is 1. The molecular formula is C16H16ClN3O. The van der Waals surface area contributed by atoms with Gasteiger partial charge in [-0.3, -0.25) is 4.79 Å². The number of hydrogen-bond donors (Lipinski definition) is 1. The molecule has 0 aliphatic carbocycles. The smallest absolute Gasteiger partial charge is 0.253 e. The molecule has 4 nitrogen and oxygen atoms in total. The number of anilines is 1. The highest BCUT2D eigenvalue weighted by atomic mass is 35.5. The zero-order valence-electron chi connectivity index (χ0n) is 11.5. The average Bonchev–Trinajstić information content (AvgIpc) is 2.97. The third kappa shape index (κ3) is 3.16. The average molecular weight is 302 g/mol. The molecule has 1 N–H and O–H groups in total. The second-order valence-corrected chi connectivity index (χ2v) is 5.48. The lowest BCUT2D eigenvalue weighted by Crippen LogP contribution is -2.37. The lowest BCUT2D eigenvalue weighted by molar-refractivity contribution is 0.0940. The van der Waals surface area contributed by atoms with Gasteiger partial charge in [0.1, 0.15) is 5.82 Å². The number of benzene rings is 1. The van der Waals surface area contributed by atoms with E-state index in [1.54, 1.807) is 18.3 Å². The molecule has 1 atom stereocenters. The third-order valence-corrected chi connectivity index (χ3v) is 3.94. The summed E-state index contributed by atoms with van der Waals surface area (Å²) in [6, 6.07) is 13.1. The SMILES string of the molecule is O=C(NC1CCN(c2ccccn2)C1)c1ccccc1Cl. The monoisotopic (exact) mass is 301 g/mol.